The van der Waals surface area contributed by atoms with Gasteiger partial charge in [-0.05, 0) is 35.4 Å². The third kappa shape index (κ3) is 3.52. The number of rotatable bonds is 4. The van der Waals surface area contributed by atoms with Gasteiger partial charge in [0.2, 0.25) is 0 Å². The fourth-order valence-electron chi connectivity index (χ4n) is 2.04. The minimum Gasteiger partial charge on any atom is -0.377 e. The molecule has 1 aromatic heterocycles. The Morgan fingerprint density at radius 3 is 2.35 bits per heavy atom. The minimum atomic E-state index is -3.96. The highest BCUT2D eigenvalue weighted by molar-refractivity contribution is 7.87. The van der Waals surface area contributed by atoms with E-state index >= 15 is 0 Å². The second-order valence-corrected chi connectivity index (χ2v) is 6.69. The number of benzene rings is 2. The molecular formula is C17H12ClNO3S. The van der Waals surface area contributed by atoms with Crippen molar-refractivity contribution >= 4 is 21.7 Å². The second-order valence-electron chi connectivity index (χ2n) is 4.74. The number of hydrogen-bond donors (Lipinski definition) is 0. The van der Waals surface area contributed by atoms with Crippen molar-refractivity contribution in [3.05, 3.63) is 78.1 Å². The Morgan fingerprint density at radius 2 is 1.70 bits per heavy atom. The summed E-state index contributed by atoms with van der Waals surface area (Å²) in [7, 11) is -3.96. The molecule has 0 fully saturated rings. The molecule has 0 unspecified atom stereocenters. The van der Waals surface area contributed by atoms with Crippen molar-refractivity contribution in [1.82, 2.24) is 4.98 Å². The van der Waals surface area contributed by atoms with Crippen molar-refractivity contribution < 1.29 is 12.6 Å². The van der Waals surface area contributed by atoms with E-state index in [1.165, 1.54) is 24.5 Å². The summed E-state index contributed by atoms with van der Waals surface area (Å²) in [6.07, 6.45) is 2.71. The largest absolute Gasteiger partial charge is 0.377 e. The van der Waals surface area contributed by atoms with Crippen LogP contribution in [-0.4, -0.2) is 13.4 Å². The quantitative estimate of drug-likeness (QED) is 0.666. The van der Waals surface area contributed by atoms with Crippen LogP contribution in [-0.2, 0) is 10.1 Å². The van der Waals surface area contributed by atoms with Crippen LogP contribution < -0.4 is 4.18 Å². The van der Waals surface area contributed by atoms with Crippen LogP contribution >= 0.6 is 11.6 Å². The van der Waals surface area contributed by atoms with Gasteiger partial charge in [-0.1, -0.05) is 48.0 Å². The lowest BCUT2D eigenvalue weighted by Crippen LogP contribution is -2.10. The molecule has 0 aliphatic heterocycles. The van der Waals surface area contributed by atoms with Gasteiger partial charge >= 0.3 is 10.1 Å². The van der Waals surface area contributed by atoms with Crippen LogP contribution in [0.25, 0.3) is 11.1 Å². The van der Waals surface area contributed by atoms with E-state index in [-0.39, 0.29) is 15.7 Å². The van der Waals surface area contributed by atoms with E-state index in [9.17, 15) is 8.42 Å². The van der Waals surface area contributed by atoms with E-state index in [0.29, 0.717) is 0 Å². The first-order valence-corrected chi connectivity index (χ1v) is 8.54. The molecule has 2 aromatic carbocycles. The minimum absolute atomic E-state index is 0.0248. The van der Waals surface area contributed by atoms with Gasteiger partial charge in [0, 0.05) is 12.4 Å². The summed E-state index contributed by atoms with van der Waals surface area (Å²) in [6.45, 7) is 0. The lowest BCUT2D eigenvalue weighted by molar-refractivity contribution is 0.486. The predicted octanol–water partition coefficient (Wildman–Crippen LogP) is 4.17. The first kappa shape index (κ1) is 15.5. The van der Waals surface area contributed by atoms with Crippen LogP contribution in [0.4, 0.5) is 0 Å². The van der Waals surface area contributed by atoms with E-state index in [1.807, 2.05) is 30.3 Å². The molecule has 3 aromatic rings. The van der Waals surface area contributed by atoms with Gasteiger partial charge in [0.1, 0.15) is 4.90 Å². The SMILES string of the molecule is O=S(=O)(Oc1ccc(-c2ccccc2)cc1Cl)c1cccnc1. The smallest absolute Gasteiger partial charge is 0.340 e. The van der Waals surface area contributed by atoms with Gasteiger partial charge in [-0.25, -0.2) is 0 Å². The van der Waals surface area contributed by atoms with Gasteiger partial charge in [-0.2, -0.15) is 8.42 Å². The zero-order valence-electron chi connectivity index (χ0n) is 11.9. The van der Waals surface area contributed by atoms with Gasteiger partial charge in [0.25, 0.3) is 0 Å². The van der Waals surface area contributed by atoms with Gasteiger partial charge in [-0.15, -0.1) is 0 Å². The molecule has 0 spiro atoms. The fraction of sp³-hybridized carbons (Fsp3) is 0. The summed E-state index contributed by atoms with van der Waals surface area (Å²) in [6, 6.07) is 17.5. The van der Waals surface area contributed by atoms with E-state index in [1.54, 1.807) is 18.2 Å². The zero-order chi connectivity index (χ0) is 16.3. The molecule has 0 amide bonds. The van der Waals surface area contributed by atoms with Crippen LogP contribution in [0, 0.1) is 0 Å². The van der Waals surface area contributed by atoms with E-state index in [2.05, 4.69) is 4.98 Å². The lowest BCUT2D eigenvalue weighted by atomic mass is 10.1. The highest BCUT2D eigenvalue weighted by Gasteiger charge is 2.18. The molecule has 0 saturated carbocycles. The number of halogens is 1. The molecule has 0 radical (unpaired) electrons. The van der Waals surface area contributed by atoms with Crippen molar-refractivity contribution in [2.24, 2.45) is 0 Å². The van der Waals surface area contributed by atoms with Crippen molar-refractivity contribution in [3.8, 4) is 16.9 Å². The summed E-state index contributed by atoms with van der Waals surface area (Å²) >= 11 is 6.17. The number of hydrogen-bond acceptors (Lipinski definition) is 4. The maximum Gasteiger partial charge on any atom is 0.340 e. The van der Waals surface area contributed by atoms with E-state index < -0.39 is 10.1 Å². The average Bonchev–Trinajstić information content (AvgIpc) is 2.58. The predicted molar refractivity (Wildman–Crippen MR) is 88.9 cm³/mol. The summed E-state index contributed by atoms with van der Waals surface area (Å²) in [5, 5.41) is 0.221. The summed E-state index contributed by atoms with van der Waals surface area (Å²) in [5.41, 5.74) is 1.86. The van der Waals surface area contributed by atoms with Gasteiger partial charge < -0.3 is 4.18 Å². The molecule has 0 N–H and O–H groups in total. The molecule has 0 aliphatic rings. The summed E-state index contributed by atoms with van der Waals surface area (Å²) in [5.74, 6) is 0.0789. The highest BCUT2D eigenvalue weighted by Crippen LogP contribution is 2.32. The third-order valence-electron chi connectivity index (χ3n) is 3.16. The van der Waals surface area contributed by atoms with E-state index in [0.717, 1.165) is 11.1 Å². The van der Waals surface area contributed by atoms with Crippen LogP contribution in [0.3, 0.4) is 0 Å². The van der Waals surface area contributed by atoms with Crippen molar-refractivity contribution in [2.75, 3.05) is 0 Å². The molecule has 0 atom stereocenters. The average molecular weight is 346 g/mol. The van der Waals surface area contributed by atoms with Crippen LogP contribution in [0.5, 0.6) is 5.75 Å². The van der Waals surface area contributed by atoms with Crippen LogP contribution in [0.15, 0.2) is 78.0 Å². The topological polar surface area (TPSA) is 56.3 Å². The first-order chi connectivity index (χ1) is 11.1. The lowest BCUT2D eigenvalue weighted by Gasteiger charge is -2.09. The molecule has 4 nitrogen and oxygen atoms in total. The Hall–Kier alpha value is -2.37. The maximum atomic E-state index is 12.2. The molecule has 3 rings (SSSR count). The Kier molecular flexibility index (Phi) is 4.32. The molecule has 116 valence electrons. The summed E-state index contributed by atoms with van der Waals surface area (Å²) < 4.78 is 29.5. The Balaban J connectivity index is 1.90. The van der Waals surface area contributed by atoms with Crippen molar-refractivity contribution in [3.63, 3.8) is 0 Å². The second kappa shape index (κ2) is 6.40. The number of nitrogens with zero attached hydrogens (tertiary/aromatic N) is 1. The molecule has 0 aliphatic carbocycles. The maximum absolute atomic E-state index is 12.2. The standard InChI is InChI=1S/C17H12ClNO3S/c18-16-11-14(13-5-2-1-3-6-13)8-9-17(16)22-23(20,21)15-7-4-10-19-12-15/h1-12H. The number of aromatic nitrogens is 1. The highest BCUT2D eigenvalue weighted by atomic mass is 35.5. The number of pyridine rings is 1. The van der Waals surface area contributed by atoms with Crippen LogP contribution in [0.1, 0.15) is 0 Å². The molecule has 1 heterocycles. The normalized spacial score (nSPS) is 11.2. The van der Waals surface area contributed by atoms with Gasteiger partial charge in [0.05, 0.1) is 5.02 Å². The monoisotopic (exact) mass is 345 g/mol. The Bertz CT molecular complexity index is 913. The molecule has 23 heavy (non-hydrogen) atoms. The zero-order valence-corrected chi connectivity index (χ0v) is 13.5. The van der Waals surface area contributed by atoms with Crippen LogP contribution in [0.2, 0.25) is 5.02 Å². The fourth-order valence-corrected chi connectivity index (χ4v) is 3.22. The third-order valence-corrected chi connectivity index (χ3v) is 4.67. The molecular weight excluding hydrogens is 334 g/mol. The van der Waals surface area contributed by atoms with Gasteiger partial charge in [-0.3, -0.25) is 4.98 Å². The molecule has 0 bridgehead atoms. The molecule has 6 heteroatoms. The van der Waals surface area contributed by atoms with Crippen molar-refractivity contribution in [1.29, 1.82) is 0 Å². The summed E-state index contributed by atoms with van der Waals surface area (Å²) in [4.78, 5) is 3.75. The van der Waals surface area contributed by atoms with Crippen molar-refractivity contribution in [2.45, 2.75) is 4.90 Å². The van der Waals surface area contributed by atoms with E-state index in [4.69, 9.17) is 15.8 Å². The van der Waals surface area contributed by atoms with Gasteiger partial charge in [0.15, 0.2) is 5.75 Å². The Labute approximate surface area is 139 Å². The Morgan fingerprint density at radius 1 is 0.913 bits per heavy atom. The molecule has 0 saturated heterocycles. The first-order valence-electron chi connectivity index (χ1n) is 6.76.